The predicted molar refractivity (Wildman–Crippen MR) is 111 cm³/mol. The van der Waals surface area contributed by atoms with Crippen molar-refractivity contribution in [3.63, 3.8) is 0 Å². The summed E-state index contributed by atoms with van der Waals surface area (Å²) in [6.45, 7) is 5.75. The monoisotopic (exact) mass is 387 g/mol. The van der Waals surface area contributed by atoms with Gasteiger partial charge in [0.25, 0.3) is 5.91 Å². The average molecular weight is 387 g/mol. The van der Waals surface area contributed by atoms with Crippen molar-refractivity contribution >= 4 is 22.9 Å². The number of anilines is 2. The molecule has 0 spiro atoms. The molecule has 8 heteroatoms. The van der Waals surface area contributed by atoms with Gasteiger partial charge in [-0.3, -0.25) is 9.78 Å². The van der Waals surface area contributed by atoms with E-state index in [0.717, 1.165) is 11.2 Å². The number of pyridine rings is 2. The van der Waals surface area contributed by atoms with E-state index in [1.54, 1.807) is 23.0 Å². The van der Waals surface area contributed by atoms with Crippen molar-refractivity contribution in [2.24, 2.45) is 0 Å². The molecular weight excluding hydrogens is 366 g/mol. The summed E-state index contributed by atoms with van der Waals surface area (Å²) in [6.07, 6.45) is 5.02. The Hall–Kier alpha value is -3.81. The Kier molecular flexibility index (Phi) is 4.90. The highest BCUT2D eigenvalue weighted by Crippen LogP contribution is 2.25. The number of amides is 1. The van der Waals surface area contributed by atoms with Gasteiger partial charge in [-0.1, -0.05) is 6.07 Å². The van der Waals surface area contributed by atoms with Gasteiger partial charge >= 0.3 is 0 Å². The lowest BCUT2D eigenvalue weighted by Gasteiger charge is -2.14. The molecule has 0 aromatic carbocycles. The molecule has 4 aromatic rings. The molecule has 0 radical (unpaired) electrons. The number of hydrogen-bond acceptors (Lipinski definition) is 6. The smallest absolute Gasteiger partial charge is 0.255 e. The molecule has 0 fully saturated rings. The van der Waals surface area contributed by atoms with E-state index in [1.807, 2.05) is 57.3 Å². The van der Waals surface area contributed by atoms with Crippen molar-refractivity contribution in [1.82, 2.24) is 29.9 Å². The van der Waals surface area contributed by atoms with Gasteiger partial charge in [0, 0.05) is 30.3 Å². The SMILES string of the molecule is Cc1cccc(-c2nc(Nc3ccncc3C(=O)NC(C)C)c3cccn3n2)n1. The second-order valence-electron chi connectivity index (χ2n) is 6.96. The number of fused-ring (bicyclic) bond motifs is 1. The molecule has 146 valence electrons. The Morgan fingerprint density at radius 2 is 1.97 bits per heavy atom. The molecule has 0 unspecified atom stereocenters. The van der Waals surface area contributed by atoms with Gasteiger partial charge in [0.15, 0.2) is 5.82 Å². The average Bonchev–Trinajstić information content (AvgIpc) is 3.17. The highest BCUT2D eigenvalue weighted by Gasteiger charge is 2.16. The number of carbonyl (C=O) groups is 1. The quantitative estimate of drug-likeness (QED) is 0.545. The second-order valence-corrected chi connectivity index (χ2v) is 6.96. The van der Waals surface area contributed by atoms with Gasteiger partial charge in [-0.15, -0.1) is 5.10 Å². The van der Waals surface area contributed by atoms with Crippen LogP contribution in [0.2, 0.25) is 0 Å². The third-order valence-corrected chi connectivity index (χ3v) is 4.25. The number of hydrogen-bond donors (Lipinski definition) is 2. The maximum absolute atomic E-state index is 12.6. The fraction of sp³-hybridized carbons (Fsp3) is 0.190. The summed E-state index contributed by atoms with van der Waals surface area (Å²) in [6, 6.07) is 11.3. The van der Waals surface area contributed by atoms with Crippen molar-refractivity contribution in [1.29, 1.82) is 0 Å². The van der Waals surface area contributed by atoms with Crippen LogP contribution in [0.1, 0.15) is 29.9 Å². The highest BCUT2D eigenvalue weighted by molar-refractivity contribution is 6.00. The van der Waals surface area contributed by atoms with Crippen molar-refractivity contribution in [2.45, 2.75) is 26.8 Å². The summed E-state index contributed by atoms with van der Waals surface area (Å²) in [7, 11) is 0. The Balaban J connectivity index is 1.78. The first-order valence-electron chi connectivity index (χ1n) is 9.32. The summed E-state index contributed by atoms with van der Waals surface area (Å²) in [4.78, 5) is 25.9. The van der Waals surface area contributed by atoms with Crippen LogP contribution in [0.15, 0.2) is 55.0 Å². The van der Waals surface area contributed by atoms with Crippen molar-refractivity contribution in [3.05, 3.63) is 66.2 Å². The van der Waals surface area contributed by atoms with Gasteiger partial charge < -0.3 is 10.6 Å². The number of carbonyl (C=O) groups excluding carboxylic acids is 1. The third-order valence-electron chi connectivity index (χ3n) is 4.25. The van der Waals surface area contributed by atoms with Crippen molar-refractivity contribution in [2.75, 3.05) is 5.32 Å². The maximum atomic E-state index is 12.6. The minimum atomic E-state index is -0.198. The van der Waals surface area contributed by atoms with E-state index in [0.29, 0.717) is 28.6 Å². The summed E-state index contributed by atoms with van der Waals surface area (Å²) < 4.78 is 1.74. The first-order valence-corrected chi connectivity index (χ1v) is 9.32. The van der Waals surface area contributed by atoms with Gasteiger partial charge in [0.2, 0.25) is 5.82 Å². The zero-order chi connectivity index (χ0) is 20.4. The largest absolute Gasteiger partial charge is 0.350 e. The standard InChI is InChI=1S/C21H21N7O/c1-13(2)23-21(29)15-12-22-10-9-16(15)25-20-18-8-5-11-28(18)27-19(26-20)17-7-4-6-14(3)24-17/h4-13H,1-3H3,(H,23,29)(H,22,25,26,27). The molecule has 0 saturated carbocycles. The summed E-state index contributed by atoms with van der Waals surface area (Å²) in [5.74, 6) is 0.867. The van der Waals surface area contributed by atoms with Gasteiger partial charge in [0.05, 0.1) is 11.3 Å². The van der Waals surface area contributed by atoms with E-state index in [-0.39, 0.29) is 11.9 Å². The number of nitrogens with zero attached hydrogens (tertiary/aromatic N) is 5. The summed E-state index contributed by atoms with van der Waals surface area (Å²) in [5.41, 5.74) is 3.41. The Bertz CT molecular complexity index is 1180. The van der Waals surface area contributed by atoms with E-state index >= 15 is 0 Å². The first kappa shape index (κ1) is 18.5. The van der Waals surface area contributed by atoms with Gasteiger partial charge in [-0.25, -0.2) is 14.5 Å². The van der Waals surface area contributed by atoms with Crippen molar-refractivity contribution < 1.29 is 4.79 Å². The summed E-state index contributed by atoms with van der Waals surface area (Å²) in [5, 5.41) is 10.7. The van der Waals surface area contributed by atoms with Crippen LogP contribution in [0, 0.1) is 6.92 Å². The molecule has 0 saturated heterocycles. The molecule has 4 aromatic heterocycles. The third kappa shape index (κ3) is 3.91. The summed E-state index contributed by atoms with van der Waals surface area (Å²) >= 11 is 0. The normalized spacial score (nSPS) is 11.0. The minimum Gasteiger partial charge on any atom is -0.350 e. The molecule has 0 aliphatic heterocycles. The zero-order valence-electron chi connectivity index (χ0n) is 16.4. The molecule has 29 heavy (non-hydrogen) atoms. The molecule has 8 nitrogen and oxygen atoms in total. The number of aromatic nitrogens is 5. The number of aryl methyl sites for hydroxylation is 1. The van der Waals surface area contributed by atoms with E-state index in [2.05, 4.69) is 30.7 Å². The molecule has 0 aliphatic rings. The van der Waals surface area contributed by atoms with Crippen LogP contribution in [0.5, 0.6) is 0 Å². The predicted octanol–water partition coefficient (Wildman–Crippen LogP) is 3.38. The molecule has 0 bridgehead atoms. The van der Waals surface area contributed by atoms with Crippen LogP contribution in [-0.2, 0) is 0 Å². The Morgan fingerprint density at radius 1 is 1.10 bits per heavy atom. The highest BCUT2D eigenvalue weighted by atomic mass is 16.1. The lowest BCUT2D eigenvalue weighted by Crippen LogP contribution is -2.30. The first-order chi connectivity index (χ1) is 14.0. The molecule has 4 rings (SSSR count). The lowest BCUT2D eigenvalue weighted by molar-refractivity contribution is 0.0943. The molecule has 4 heterocycles. The minimum absolute atomic E-state index is 0.0194. The number of rotatable bonds is 5. The van der Waals surface area contributed by atoms with Crippen LogP contribution in [0.3, 0.4) is 0 Å². The van der Waals surface area contributed by atoms with Crippen LogP contribution >= 0.6 is 0 Å². The Labute approximate surface area is 168 Å². The van der Waals surface area contributed by atoms with Crippen LogP contribution in [-0.4, -0.2) is 36.5 Å². The van der Waals surface area contributed by atoms with E-state index in [9.17, 15) is 4.79 Å². The second kappa shape index (κ2) is 7.67. The van der Waals surface area contributed by atoms with Gasteiger partial charge in [-0.2, -0.15) is 0 Å². The lowest BCUT2D eigenvalue weighted by atomic mass is 10.2. The van der Waals surface area contributed by atoms with E-state index in [1.165, 1.54) is 0 Å². The molecule has 0 atom stereocenters. The zero-order valence-corrected chi connectivity index (χ0v) is 16.4. The van der Waals surface area contributed by atoms with E-state index < -0.39 is 0 Å². The topological polar surface area (TPSA) is 97.1 Å². The Morgan fingerprint density at radius 3 is 2.76 bits per heavy atom. The van der Waals surface area contributed by atoms with Crippen LogP contribution in [0.25, 0.3) is 17.0 Å². The fourth-order valence-electron chi connectivity index (χ4n) is 2.95. The van der Waals surface area contributed by atoms with Crippen LogP contribution in [0.4, 0.5) is 11.5 Å². The molecular formula is C21H21N7O. The number of nitrogens with one attached hydrogen (secondary N) is 2. The van der Waals surface area contributed by atoms with Crippen LogP contribution < -0.4 is 10.6 Å². The molecule has 2 N–H and O–H groups in total. The van der Waals surface area contributed by atoms with Crippen molar-refractivity contribution in [3.8, 4) is 11.5 Å². The maximum Gasteiger partial charge on any atom is 0.255 e. The van der Waals surface area contributed by atoms with E-state index in [4.69, 9.17) is 0 Å². The van der Waals surface area contributed by atoms with Gasteiger partial charge in [-0.05, 0) is 51.1 Å². The fourth-order valence-corrected chi connectivity index (χ4v) is 2.95. The van der Waals surface area contributed by atoms with Gasteiger partial charge in [0.1, 0.15) is 11.2 Å². The molecule has 1 amide bonds. The molecule has 0 aliphatic carbocycles.